The molecule has 436 valence electrons. The third-order valence-electron chi connectivity index (χ3n) is 14.2. The van der Waals surface area contributed by atoms with Crippen LogP contribution in [0, 0.1) is 11.6 Å². The first-order valence-electron chi connectivity index (χ1n) is 29.7. The van der Waals surface area contributed by atoms with Gasteiger partial charge in [-0.25, -0.2) is 28.0 Å². The second-order valence-corrected chi connectivity index (χ2v) is 21.1. The average Bonchev–Trinajstić information content (AvgIpc) is 3.67. The third kappa shape index (κ3) is 22.4. The van der Waals surface area contributed by atoms with Gasteiger partial charge in [0.1, 0.15) is 46.1 Å². The molecule has 82 heavy (non-hydrogen) atoms. The summed E-state index contributed by atoms with van der Waals surface area (Å²) in [6, 6.07) is 30.9. The van der Waals surface area contributed by atoms with E-state index >= 15 is 8.78 Å². The highest BCUT2D eigenvalue weighted by atomic mass is 19.1. The van der Waals surface area contributed by atoms with Crippen LogP contribution in [0.3, 0.4) is 0 Å². The number of hydrogen-bond acceptors (Lipinski definition) is 10. The molecule has 0 aromatic heterocycles. The van der Waals surface area contributed by atoms with Crippen molar-refractivity contribution in [1.29, 1.82) is 0 Å². The van der Waals surface area contributed by atoms with Gasteiger partial charge in [0.15, 0.2) is 0 Å². The van der Waals surface area contributed by atoms with Crippen molar-refractivity contribution in [3.05, 3.63) is 166 Å². The molecule has 0 saturated carbocycles. The molecule has 0 aliphatic carbocycles. The predicted molar refractivity (Wildman–Crippen MR) is 322 cm³/mol. The molecule has 0 radical (unpaired) electrons. The predicted octanol–water partition coefficient (Wildman–Crippen LogP) is 19.0. The second-order valence-electron chi connectivity index (χ2n) is 21.1. The Morgan fingerprint density at radius 3 is 1.00 bits per heavy atom. The average molecular weight is 1120 g/mol. The normalized spacial score (nSPS) is 11.6. The van der Waals surface area contributed by atoms with E-state index in [0.717, 1.165) is 72.6 Å². The third-order valence-corrected chi connectivity index (χ3v) is 14.2. The quantitative estimate of drug-likeness (QED) is 0.0163. The standard InChI is InChI=1S/C70H82F2O10/c1-5-7-9-11-13-15-17-19-21-23-25-43-77-57-33-27-53(28-34-57)45-51(3)67(73)79-61-39-41-63(65(71)49-61)69(75)81-59-37-31-55-32-38-60(48-56(55)47-59)82-70(76)64-42-40-62(50-66(64)72)80-68(74)52(4)46-54-29-35-58(36-30-54)78-44-26-24-22-20-18-16-14-12-10-8-6-2/h27-42,45-50H,5-26,43-44H2,1-4H3/b51-45+,52-46+. The Hall–Kier alpha value is -7.60. The summed E-state index contributed by atoms with van der Waals surface area (Å²) in [7, 11) is 0. The molecule has 0 aliphatic heterocycles. The first-order chi connectivity index (χ1) is 39.9. The van der Waals surface area contributed by atoms with Gasteiger partial charge in [0.25, 0.3) is 0 Å². The van der Waals surface area contributed by atoms with Crippen molar-refractivity contribution < 1.29 is 56.4 Å². The lowest BCUT2D eigenvalue weighted by Crippen LogP contribution is -2.13. The number of unbranched alkanes of at least 4 members (excludes halogenated alkanes) is 20. The van der Waals surface area contributed by atoms with Crippen molar-refractivity contribution in [3.63, 3.8) is 0 Å². The molecular formula is C70H82F2O10. The number of benzene rings is 6. The van der Waals surface area contributed by atoms with E-state index < -0.39 is 46.6 Å². The first-order valence-corrected chi connectivity index (χ1v) is 29.7. The molecule has 0 atom stereocenters. The monoisotopic (exact) mass is 1120 g/mol. The van der Waals surface area contributed by atoms with E-state index in [4.69, 9.17) is 28.4 Å². The number of rotatable bonds is 36. The van der Waals surface area contributed by atoms with E-state index in [9.17, 15) is 19.2 Å². The van der Waals surface area contributed by atoms with Crippen LogP contribution in [0.1, 0.15) is 201 Å². The topological polar surface area (TPSA) is 124 Å². The molecule has 0 bridgehead atoms. The van der Waals surface area contributed by atoms with Crippen molar-refractivity contribution in [2.45, 2.75) is 169 Å². The molecule has 12 heteroatoms. The summed E-state index contributed by atoms with van der Waals surface area (Å²) in [6.07, 6.45) is 31.3. The van der Waals surface area contributed by atoms with Crippen LogP contribution in [-0.4, -0.2) is 37.1 Å². The van der Waals surface area contributed by atoms with Gasteiger partial charge < -0.3 is 28.4 Å². The molecule has 6 rings (SSSR count). The van der Waals surface area contributed by atoms with E-state index in [-0.39, 0.29) is 34.1 Å². The Kier molecular flexibility index (Phi) is 27.4. The van der Waals surface area contributed by atoms with Crippen LogP contribution >= 0.6 is 0 Å². The number of carbonyl (C=O) groups is 4. The van der Waals surface area contributed by atoms with Crippen molar-refractivity contribution >= 4 is 46.8 Å². The lowest BCUT2D eigenvalue weighted by molar-refractivity contribution is -0.130. The van der Waals surface area contributed by atoms with E-state index in [1.807, 2.05) is 48.5 Å². The first kappa shape index (κ1) is 63.6. The Morgan fingerprint density at radius 1 is 0.354 bits per heavy atom. The molecule has 0 unspecified atom stereocenters. The van der Waals surface area contributed by atoms with E-state index in [1.165, 1.54) is 152 Å². The van der Waals surface area contributed by atoms with Gasteiger partial charge in [-0.05, 0) is 134 Å². The minimum absolute atomic E-state index is 0.0644. The van der Waals surface area contributed by atoms with Crippen LogP contribution in [-0.2, 0) is 9.59 Å². The van der Waals surface area contributed by atoms with Crippen LogP contribution in [0.25, 0.3) is 22.9 Å². The van der Waals surface area contributed by atoms with Gasteiger partial charge in [-0.1, -0.05) is 179 Å². The van der Waals surface area contributed by atoms with Gasteiger partial charge in [-0.3, -0.25) is 0 Å². The molecule has 0 aliphatic rings. The Morgan fingerprint density at radius 2 is 0.659 bits per heavy atom. The zero-order valence-electron chi connectivity index (χ0n) is 48.5. The molecule has 0 spiro atoms. The van der Waals surface area contributed by atoms with Gasteiger partial charge in [0.05, 0.1) is 24.3 Å². The molecule has 0 heterocycles. The van der Waals surface area contributed by atoms with Crippen molar-refractivity contribution in [1.82, 2.24) is 0 Å². The highest BCUT2D eigenvalue weighted by Gasteiger charge is 2.20. The minimum Gasteiger partial charge on any atom is -0.494 e. The summed E-state index contributed by atoms with van der Waals surface area (Å²) in [5.74, 6) is -3.89. The van der Waals surface area contributed by atoms with Crippen LogP contribution in [0.4, 0.5) is 8.78 Å². The maximum absolute atomic E-state index is 15.3. The second kappa shape index (κ2) is 35.3. The molecule has 0 amide bonds. The zero-order valence-corrected chi connectivity index (χ0v) is 48.5. The Bertz CT molecular complexity index is 2830. The van der Waals surface area contributed by atoms with E-state index in [2.05, 4.69) is 13.8 Å². The van der Waals surface area contributed by atoms with Crippen LogP contribution < -0.4 is 28.4 Å². The van der Waals surface area contributed by atoms with Gasteiger partial charge in [-0.15, -0.1) is 0 Å². The van der Waals surface area contributed by atoms with Crippen LogP contribution in [0.2, 0.25) is 0 Å². The summed E-state index contributed by atoms with van der Waals surface area (Å²) in [6.45, 7) is 8.97. The van der Waals surface area contributed by atoms with Crippen molar-refractivity contribution in [2.75, 3.05) is 13.2 Å². The summed E-state index contributed by atoms with van der Waals surface area (Å²) in [4.78, 5) is 52.2. The lowest BCUT2D eigenvalue weighted by Gasteiger charge is -2.10. The van der Waals surface area contributed by atoms with Gasteiger partial charge in [0.2, 0.25) is 0 Å². The lowest BCUT2D eigenvalue weighted by atomic mass is 10.1. The van der Waals surface area contributed by atoms with Gasteiger partial charge in [-0.2, -0.15) is 0 Å². The Labute approximate surface area is 484 Å². The number of halogens is 2. The van der Waals surface area contributed by atoms with Gasteiger partial charge in [0, 0.05) is 23.3 Å². The molecule has 0 N–H and O–H groups in total. The fraction of sp³-hybridized carbons (Fsp3) is 0.400. The molecule has 10 nitrogen and oxygen atoms in total. The summed E-state index contributed by atoms with van der Waals surface area (Å²) in [5.41, 5.74) is 1.29. The van der Waals surface area contributed by atoms with E-state index in [1.54, 1.807) is 38.1 Å². The van der Waals surface area contributed by atoms with Crippen LogP contribution in [0.15, 0.2) is 132 Å². The fourth-order valence-electron chi connectivity index (χ4n) is 9.33. The summed E-state index contributed by atoms with van der Waals surface area (Å²) < 4.78 is 64.4. The highest BCUT2D eigenvalue weighted by molar-refractivity contribution is 5.97. The molecular weight excluding hydrogens is 1040 g/mol. The summed E-state index contributed by atoms with van der Waals surface area (Å²) >= 11 is 0. The molecule has 0 fully saturated rings. The zero-order chi connectivity index (χ0) is 58.3. The number of esters is 4. The minimum atomic E-state index is -1.00. The number of carbonyl (C=O) groups excluding carboxylic acids is 4. The molecule has 6 aromatic carbocycles. The van der Waals surface area contributed by atoms with Crippen molar-refractivity contribution in [2.24, 2.45) is 0 Å². The maximum Gasteiger partial charge on any atom is 0.346 e. The van der Waals surface area contributed by atoms with Crippen molar-refractivity contribution in [3.8, 4) is 34.5 Å². The van der Waals surface area contributed by atoms with Crippen LogP contribution in [0.5, 0.6) is 34.5 Å². The summed E-state index contributed by atoms with van der Waals surface area (Å²) in [5, 5.41) is 1.18. The van der Waals surface area contributed by atoms with E-state index in [0.29, 0.717) is 24.0 Å². The van der Waals surface area contributed by atoms with Gasteiger partial charge >= 0.3 is 23.9 Å². The maximum atomic E-state index is 15.3. The number of fused-ring (bicyclic) bond motifs is 1. The highest BCUT2D eigenvalue weighted by Crippen LogP contribution is 2.29. The largest absolute Gasteiger partial charge is 0.494 e. The Balaban J connectivity index is 0.911. The number of hydrogen-bond donors (Lipinski definition) is 0. The molecule has 0 saturated heterocycles. The SMILES string of the molecule is CCCCCCCCCCCCCOc1ccc(/C=C(\C)C(=O)Oc2ccc(C(=O)Oc3ccc4ccc(OC(=O)c5ccc(OC(=O)/C(C)=C/c6ccc(OCCCCCCCCCCCCC)cc6)cc5F)cc4c3)c(F)c2)cc1. The molecule has 6 aromatic rings. The number of ether oxygens (including phenoxy) is 6. The fourth-order valence-corrected chi connectivity index (χ4v) is 9.33. The smallest absolute Gasteiger partial charge is 0.346 e.